The van der Waals surface area contributed by atoms with Crippen LogP contribution in [0.1, 0.15) is 43.1 Å². The summed E-state index contributed by atoms with van der Waals surface area (Å²) >= 11 is 0. The molecule has 0 aliphatic carbocycles. The summed E-state index contributed by atoms with van der Waals surface area (Å²) < 4.78 is 16.6. The summed E-state index contributed by atoms with van der Waals surface area (Å²) in [6.07, 6.45) is 4.58. The van der Waals surface area contributed by atoms with Crippen molar-refractivity contribution in [3.05, 3.63) is 59.5 Å². The summed E-state index contributed by atoms with van der Waals surface area (Å²) in [4.78, 5) is 4.97. The van der Waals surface area contributed by atoms with Crippen molar-refractivity contribution < 1.29 is 13.9 Å². The second-order valence-electron chi connectivity index (χ2n) is 7.82. The van der Waals surface area contributed by atoms with Gasteiger partial charge in [-0.3, -0.25) is 4.99 Å². The van der Waals surface area contributed by atoms with Crippen LogP contribution in [-0.2, 0) is 21.5 Å². The maximum Gasteiger partial charge on any atom is 0.191 e. The lowest BCUT2D eigenvalue weighted by Crippen LogP contribution is -2.42. The van der Waals surface area contributed by atoms with E-state index in [-0.39, 0.29) is 5.41 Å². The molecule has 1 saturated heterocycles. The Morgan fingerprint density at radius 3 is 2.70 bits per heavy atom. The first kappa shape index (κ1) is 22.4. The minimum Gasteiger partial charge on any atom is -0.467 e. The van der Waals surface area contributed by atoms with E-state index < -0.39 is 0 Å². The molecule has 1 aliphatic rings. The fraction of sp³-hybridized carbons (Fsp3) is 0.542. The van der Waals surface area contributed by atoms with Gasteiger partial charge >= 0.3 is 0 Å². The molecule has 2 N–H and O–H groups in total. The number of hydrogen-bond acceptors (Lipinski definition) is 4. The van der Waals surface area contributed by atoms with E-state index >= 15 is 0 Å². The topological polar surface area (TPSA) is 68.0 Å². The lowest BCUT2D eigenvalue weighted by atomic mass is 9.72. The number of hydrogen-bond donors (Lipinski definition) is 2. The number of rotatable bonds is 10. The summed E-state index contributed by atoms with van der Waals surface area (Å²) in [6, 6.07) is 12.5. The highest BCUT2D eigenvalue weighted by Crippen LogP contribution is 2.37. The second-order valence-corrected chi connectivity index (χ2v) is 7.82. The number of aliphatic imine (C=N–C) groups is 1. The monoisotopic (exact) mass is 413 g/mol. The SMILES string of the molecule is CCNC(=NCC1(c2ccccc2C)CCOCC1)NCCCOCc1ccco1. The van der Waals surface area contributed by atoms with Crippen LogP contribution in [0.4, 0.5) is 0 Å². The summed E-state index contributed by atoms with van der Waals surface area (Å²) in [5.74, 6) is 1.72. The number of guanidine groups is 1. The van der Waals surface area contributed by atoms with E-state index in [1.54, 1.807) is 6.26 Å². The van der Waals surface area contributed by atoms with Crippen LogP contribution in [0.3, 0.4) is 0 Å². The van der Waals surface area contributed by atoms with Crippen molar-refractivity contribution in [3.8, 4) is 0 Å². The molecule has 0 unspecified atom stereocenters. The molecule has 1 aliphatic heterocycles. The van der Waals surface area contributed by atoms with Crippen molar-refractivity contribution in [1.29, 1.82) is 0 Å². The Kier molecular flexibility index (Phi) is 8.78. The average molecular weight is 414 g/mol. The van der Waals surface area contributed by atoms with Crippen LogP contribution in [0, 0.1) is 6.92 Å². The van der Waals surface area contributed by atoms with Crippen molar-refractivity contribution in [2.75, 3.05) is 39.5 Å². The Hall–Kier alpha value is -2.31. The van der Waals surface area contributed by atoms with E-state index in [4.69, 9.17) is 18.9 Å². The molecule has 1 fully saturated rings. The van der Waals surface area contributed by atoms with Crippen molar-refractivity contribution >= 4 is 5.96 Å². The van der Waals surface area contributed by atoms with Gasteiger partial charge in [-0.25, -0.2) is 0 Å². The number of nitrogens with zero attached hydrogens (tertiary/aromatic N) is 1. The molecule has 6 heteroatoms. The molecule has 0 atom stereocenters. The van der Waals surface area contributed by atoms with E-state index in [1.807, 2.05) is 12.1 Å². The standard InChI is InChI=1S/C24H35N3O3/c1-3-25-23(26-13-7-14-29-18-21-9-6-15-30-21)27-19-24(11-16-28-17-12-24)22-10-5-4-8-20(22)2/h4-6,8-10,15H,3,7,11-14,16-19H2,1-2H3,(H2,25,26,27). The molecular formula is C24H35N3O3. The fourth-order valence-electron chi connectivity index (χ4n) is 3.96. The molecule has 2 heterocycles. The van der Waals surface area contributed by atoms with Gasteiger partial charge in [-0.05, 0) is 56.4 Å². The highest BCUT2D eigenvalue weighted by Gasteiger charge is 2.35. The molecular weight excluding hydrogens is 378 g/mol. The minimum atomic E-state index is 0.0398. The Bertz CT molecular complexity index is 768. The van der Waals surface area contributed by atoms with E-state index in [2.05, 4.69) is 48.7 Å². The number of nitrogens with one attached hydrogen (secondary N) is 2. The Labute approximate surface area is 180 Å². The van der Waals surface area contributed by atoms with Gasteiger partial charge in [0.25, 0.3) is 0 Å². The summed E-state index contributed by atoms with van der Waals surface area (Å²) in [6.45, 7) is 9.47. The van der Waals surface area contributed by atoms with Gasteiger partial charge in [0.2, 0.25) is 0 Å². The third-order valence-corrected chi connectivity index (χ3v) is 5.63. The van der Waals surface area contributed by atoms with Gasteiger partial charge in [0.05, 0.1) is 12.8 Å². The number of benzene rings is 1. The van der Waals surface area contributed by atoms with Crippen LogP contribution in [-0.4, -0.2) is 45.4 Å². The summed E-state index contributed by atoms with van der Waals surface area (Å²) in [5, 5.41) is 6.81. The van der Waals surface area contributed by atoms with Gasteiger partial charge in [-0.2, -0.15) is 0 Å². The molecule has 0 saturated carbocycles. The zero-order valence-electron chi connectivity index (χ0n) is 18.3. The highest BCUT2D eigenvalue weighted by atomic mass is 16.5. The number of ether oxygens (including phenoxy) is 2. The summed E-state index contributed by atoms with van der Waals surface area (Å²) in [5.41, 5.74) is 2.78. The Morgan fingerprint density at radius 1 is 1.13 bits per heavy atom. The van der Waals surface area contributed by atoms with Gasteiger partial charge in [-0.1, -0.05) is 24.3 Å². The third-order valence-electron chi connectivity index (χ3n) is 5.63. The van der Waals surface area contributed by atoms with Crippen LogP contribution < -0.4 is 10.6 Å². The third kappa shape index (κ3) is 6.34. The molecule has 2 aromatic rings. The van der Waals surface area contributed by atoms with Crippen LogP contribution in [0.25, 0.3) is 0 Å². The molecule has 0 bridgehead atoms. The van der Waals surface area contributed by atoms with Gasteiger partial charge in [0, 0.05) is 38.3 Å². The predicted octanol–water partition coefficient (Wildman–Crippen LogP) is 3.80. The van der Waals surface area contributed by atoms with Gasteiger partial charge in [-0.15, -0.1) is 0 Å². The predicted molar refractivity (Wildman–Crippen MR) is 120 cm³/mol. The smallest absolute Gasteiger partial charge is 0.191 e. The lowest BCUT2D eigenvalue weighted by Gasteiger charge is -2.37. The minimum absolute atomic E-state index is 0.0398. The van der Waals surface area contributed by atoms with Crippen LogP contribution in [0.15, 0.2) is 52.1 Å². The molecule has 1 aromatic heterocycles. The molecule has 0 spiro atoms. The highest BCUT2D eigenvalue weighted by molar-refractivity contribution is 5.79. The van der Waals surface area contributed by atoms with Crippen LogP contribution >= 0.6 is 0 Å². The molecule has 164 valence electrons. The molecule has 1 aromatic carbocycles. The van der Waals surface area contributed by atoms with Crippen molar-refractivity contribution in [2.45, 2.75) is 45.1 Å². The van der Waals surface area contributed by atoms with Gasteiger partial charge in [0.1, 0.15) is 12.4 Å². The number of furan rings is 1. The zero-order valence-corrected chi connectivity index (χ0v) is 18.3. The van der Waals surface area contributed by atoms with E-state index in [0.717, 1.165) is 63.8 Å². The maximum atomic E-state index is 5.67. The van der Waals surface area contributed by atoms with Crippen molar-refractivity contribution in [3.63, 3.8) is 0 Å². The van der Waals surface area contributed by atoms with E-state index in [0.29, 0.717) is 13.2 Å². The Balaban J connectivity index is 1.54. The van der Waals surface area contributed by atoms with E-state index in [9.17, 15) is 0 Å². The van der Waals surface area contributed by atoms with Gasteiger partial charge < -0.3 is 24.5 Å². The summed E-state index contributed by atoms with van der Waals surface area (Å²) in [7, 11) is 0. The normalized spacial score (nSPS) is 16.4. The first-order valence-corrected chi connectivity index (χ1v) is 11.0. The second kappa shape index (κ2) is 11.8. The zero-order chi connectivity index (χ0) is 21.1. The van der Waals surface area contributed by atoms with Crippen molar-refractivity contribution in [2.24, 2.45) is 4.99 Å². The first-order chi connectivity index (χ1) is 14.7. The fourth-order valence-corrected chi connectivity index (χ4v) is 3.96. The van der Waals surface area contributed by atoms with Crippen molar-refractivity contribution in [1.82, 2.24) is 10.6 Å². The largest absolute Gasteiger partial charge is 0.467 e. The Morgan fingerprint density at radius 2 is 1.97 bits per heavy atom. The lowest BCUT2D eigenvalue weighted by molar-refractivity contribution is 0.0529. The van der Waals surface area contributed by atoms with Crippen LogP contribution in [0.5, 0.6) is 0 Å². The van der Waals surface area contributed by atoms with Gasteiger partial charge in [0.15, 0.2) is 5.96 Å². The molecule has 30 heavy (non-hydrogen) atoms. The molecule has 3 rings (SSSR count). The average Bonchev–Trinajstić information content (AvgIpc) is 3.29. The van der Waals surface area contributed by atoms with Crippen LogP contribution in [0.2, 0.25) is 0 Å². The molecule has 0 radical (unpaired) electrons. The quantitative estimate of drug-likeness (QED) is 0.352. The molecule has 6 nitrogen and oxygen atoms in total. The first-order valence-electron chi connectivity index (χ1n) is 11.0. The molecule has 0 amide bonds. The van der Waals surface area contributed by atoms with E-state index in [1.165, 1.54) is 11.1 Å². The number of aryl methyl sites for hydroxylation is 1. The maximum absolute atomic E-state index is 5.67.